The number of ketones is 2. The van der Waals surface area contributed by atoms with Crippen molar-refractivity contribution < 1.29 is 28.3 Å². The molecule has 1 aliphatic carbocycles. The number of Topliss-reactive ketones (excluding diaryl/α,β-unsaturated/α-hetero) is 2. The number of ether oxygens (including phenoxy) is 1. The largest absolute Gasteiger partial charge is 0.349 e. The lowest BCUT2D eigenvalue weighted by molar-refractivity contribution is -0.127. The van der Waals surface area contributed by atoms with Crippen molar-refractivity contribution in [1.29, 1.82) is 0 Å². The summed E-state index contributed by atoms with van der Waals surface area (Å²) in [4.78, 5) is 55.7. The highest BCUT2D eigenvalue weighted by Gasteiger charge is 2.74. The first-order valence-electron chi connectivity index (χ1n) is 10.6. The molecule has 6 nitrogen and oxygen atoms in total. The molecular weight excluding hydrogens is 505 g/mol. The number of imide groups is 1. The summed E-state index contributed by atoms with van der Waals surface area (Å²) in [5, 5.41) is 0. The van der Waals surface area contributed by atoms with Crippen molar-refractivity contribution in [3.8, 4) is 0 Å². The van der Waals surface area contributed by atoms with Crippen LogP contribution in [0, 0.1) is 17.7 Å². The monoisotopic (exact) mass is 519 g/mol. The standard InChI is InChI=1S/C26H15BrFNO5/c27-14-8-10-16(11-9-14)29-24(32)19-20(25(29)33)26(34-21(19)13-4-3-5-15(28)12-13)22(30)17-6-1-2-7-18(17)23(26)31/h1-12,19-21H/t19-,20+,21+/m1/s1. The first kappa shape index (κ1) is 21.1. The fraction of sp³-hybridized carbons (Fsp3) is 0.154. The summed E-state index contributed by atoms with van der Waals surface area (Å²) in [6.45, 7) is 0. The van der Waals surface area contributed by atoms with Gasteiger partial charge in [0.1, 0.15) is 5.82 Å². The van der Waals surface area contributed by atoms with Crippen molar-refractivity contribution in [3.05, 3.63) is 99.8 Å². The second-order valence-electron chi connectivity index (χ2n) is 8.52. The van der Waals surface area contributed by atoms with E-state index in [2.05, 4.69) is 15.9 Å². The minimum atomic E-state index is -2.18. The summed E-state index contributed by atoms with van der Waals surface area (Å²) in [7, 11) is 0. The molecule has 3 aliphatic rings. The Balaban J connectivity index is 1.55. The van der Waals surface area contributed by atoms with Gasteiger partial charge in [0.05, 0.1) is 23.6 Å². The second-order valence-corrected chi connectivity index (χ2v) is 9.44. The topological polar surface area (TPSA) is 80.8 Å². The molecule has 168 valence electrons. The van der Waals surface area contributed by atoms with E-state index in [1.165, 1.54) is 30.3 Å². The van der Waals surface area contributed by atoms with Crippen LogP contribution in [0.1, 0.15) is 32.4 Å². The Morgan fingerprint density at radius 1 is 0.824 bits per heavy atom. The molecule has 2 aliphatic heterocycles. The molecule has 2 amide bonds. The van der Waals surface area contributed by atoms with Crippen LogP contribution in [0.4, 0.5) is 10.1 Å². The van der Waals surface area contributed by atoms with E-state index in [0.29, 0.717) is 5.69 Å². The van der Waals surface area contributed by atoms with Crippen molar-refractivity contribution in [2.24, 2.45) is 11.8 Å². The van der Waals surface area contributed by atoms with Crippen LogP contribution in [0.25, 0.3) is 0 Å². The maximum absolute atomic E-state index is 14.1. The fourth-order valence-corrected chi connectivity index (χ4v) is 5.61. The summed E-state index contributed by atoms with van der Waals surface area (Å²) in [6.07, 6.45) is -1.15. The molecule has 3 aromatic rings. The lowest BCUT2D eigenvalue weighted by atomic mass is 9.77. The quantitative estimate of drug-likeness (QED) is 0.372. The van der Waals surface area contributed by atoms with Gasteiger partial charge >= 0.3 is 0 Å². The molecule has 3 atom stereocenters. The maximum atomic E-state index is 14.1. The van der Waals surface area contributed by atoms with E-state index < -0.39 is 52.7 Å². The normalized spacial score (nSPS) is 24.8. The second kappa shape index (κ2) is 7.25. The average Bonchev–Trinajstić information content (AvgIpc) is 3.40. The molecule has 3 aromatic carbocycles. The van der Waals surface area contributed by atoms with E-state index in [4.69, 9.17) is 4.74 Å². The van der Waals surface area contributed by atoms with Gasteiger partial charge in [0.25, 0.3) is 0 Å². The van der Waals surface area contributed by atoms with Crippen LogP contribution in [0.5, 0.6) is 0 Å². The van der Waals surface area contributed by atoms with E-state index in [1.807, 2.05) is 0 Å². The van der Waals surface area contributed by atoms with Crippen LogP contribution in [0.2, 0.25) is 0 Å². The molecule has 6 rings (SSSR count). The van der Waals surface area contributed by atoms with Crippen molar-refractivity contribution in [2.75, 3.05) is 4.90 Å². The van der Waals surface area contributed by atoms with Gasteiger partial charge in [0.2, 0.25) is 29.0 Å². The van der Waals surface area contributed by atoms with Crippen molar-refractivity contribution in [3.63, 3.8) is 0 Å². The van der Waals surface area contributed by atoms with Crippen LogP contribution < -0.4 is 4.90 Å². The Labute approximate surface area is 201 Å². The van der Waals surface area contributed by atoms with Crippen LogP contribution in [0.3, 0.4) is 0 Å². The smallest absolute Gasteiger partial charge is 0.241 e. The number of benzene rings is 3. The minimum absolute atomic E-state index is 0.147. The summed E-state index contributed by atoms with van der Waals surface area (Å²) >= 11 is 3.33. The first-order chi connectivity index (χ1) is 16.3. The Bertz CT molecular complexity index is 1380. The summed E-state index contributed by atoms with van der Waals surface area (Å²) in [5.74, 6) is -5.69. The van der Waals surface area contributed by atoms with Crippen LogP contribution in [0.15, 0.2) is 77.3 Å². The number of halogens is 2. The van der Waals surface area contributed by atoms with Crippen LogP contribution in [-0.2, 0) is 14.3 Å². The molecule has 0 N–H and O–H groups in total. The molecule has 2 saturated heterocycles. The highest BCUT2D eigenvalue weighted by atomic mass is 79.9. The number of carbonyl (C=O) groups excluding carboxylic acids is 4. The molecule has 0 aromatic heterocycles. The molecule has 1 spiro atoms. The Kier molecular flexibility index (Phi) is 4.49. The molecule has 8 heteroatoms. The zero-order valence-corrected chi connectivity index (χ0v) is 19.0. The fourth-order valence-electron chi connectivity index (χ4n) is 5.35. The third kappa shape index (κ3) is 2.63. The number of hydrogen-bond donors (Lipinski definition) is 0. The van der Waals surface area contributed by atoms with Crippen molar-refractivity contribution >= 4 is 45.0 Å². The Morgan fingerprint density at radius 2 is 1.47 bits per heavy atom. The van der Waals surface area contributed by atoms with Gasteiger partial charge in [-0.3, -0.25) is 19.2 Å². The van der Waals surface area contributed by atoms with Gasteiger partial charge in [-0.05, 0) is 42.0 Å². The molecule has 2 fully saturated rings. The Hall–Kier alpha value is -3.49. The number of amides is 2. The molecule has 0 radical (unpaired) electrons. The molecule has 34 heavy (non-hydrogen) atoms. The molecule has 0 unspecified atom stereocenters. The SMILES string of the molecule is O=C1[C@@H]2[C@@H](C(=O)N1c1ccc(Br)cc1)C1(O[C@H]2c2cccc(F)c2)C(=O)c2ccccc2C1=O. The van der Waals surface area contributed by atoms with Crippen molar-refractivity contribution in [2.45, 2.75) is 11.7 Å². The van der Waals surface area contributed by atoms with Gasteiger partial charge < -0.3 is 4.74 Å². The predicted molar refractivity (Wildman–Crippen MR) is 122 cm³/mol. The van der Waals surface area contributed by atoms with Gasteiger partial charge in [0, 0.05) is 15.6 Å². The first-order valence-corrected chi connectivity index (χ1v) is 11.4. The summed E-state index contributed by atoms with van der Waals surface area (Å²) in [5.41, 5.74) is -1.29. The maximum Gasteiger partial charge on any atom is 0.241 e. The van der Waals surface area contributed by atoms with Gasteiger partial charge in [-0.1, -0.05) is 52.3 Å². The highest BCUT2D eigenvalue weighted by molar-refractivity contribution is 9.10. The highest BCUT2D eigenvalue weighted by Crippen LogP contribution is 2.57. The Morgan fingerprint density at radius 3 is 2.09 bits per heavy atom. The van der Waals surface area contributed by atoms with Crippen LogP contribution >= 0.6 is 15.9 Å². The molecule has 0 saturated carbocycles. The number of rotatable bonds is 2. The average molecular weight is 520 g/mol. The third-order valence-corrected chi connectivity index (χ3v) is 7.31. The minimum Gasteiger partial charge on any atom is -0.349 e. The third-order valence-electron chi connectivity index (χ3n) is 6.78. The van der Waals surface area contributed by atoms with E-state index in [-0.39, 0.29) is 16.7 Å². The molecular formula is C26H15BrFNO5. The van der Waals surface area contributed by atoms with Gasteiger partial charge in [-0.2, -0.15) is 0 Å². The van der Waals surface area contributed by atoms with Gasteiger partial charge in [-0.25, -0.2) is 9.29 Å². The number of anilines is 1. The van der Waals surface area contributed by atoms with E-state index >= 15 is 0 Å². The predicted octanol–water partition coefficient (Wildman–Crippen LogP) is 4.28. The molecule has 2 heterocycles. The number of carbonyl (C=O) groups is 4. The number of hydrogen-bond acceptors (Lipinski definition) is 5. The van der Waals surface area contributed by atoms with E-state index in [0.717, 1.165) is 9.37 Å². The van der Waals surface area contributed by atoms with E-state index in [1.54, 1.807) is 42.5 Å². The number of fused-ring (bicyclic) bond motifs is 3. The zero-order chi connectivity index (χ0) is 23.8. The lowest BCUT2D eigenvalue weighted by Crippen LogP contribution is -2.51. The lowest BCUT2D eigenvalue weighted by Gasteiger charge is -2.27. The van der Waals surface area contributed by atoms with Crippen molar-refractivity contribution in [1.82, 2.24) is 0 Å². The van der Waals surface area contributed by atoms with Gasteiger partial charge in [0.15, 0.2) is 0 Å². The summed E-state index contributed by atoms with van der Waals surface area (Å²) in [6, 6.07) is 18.3. The zero-order valence-electron chi connectivity index (χ0n) is 17.4. The van der Waals surface area contributed by atoms with Gasteiger partial charge in [-0.15, -0.1) is 0 Å². The number of nitrogens with zero attached hydrogens (tertiary/aromatic N) is 1. The van der Waals surface area contributed by atoms with E-state index in [9.17, 15) is 23.6 Å². The summed E-state index contributed by atoms with van der Waals surface area (Å²) < 4.78 is 21.0. The van der Waals surface area contributed by atoms with Crippen LogP contribution in [-0.4, -0.2) is 29.0 Å². The molecule has 0 bridgehead atoms.